The standard InChI is InChI=1S/C14H10BrClFNO/c1-8-5-11(15)13(7-12(8)16)18-14(19)9-3-2-4-10(17)6-9/h2-7H,1H3,(H,18,19). The minimum absolute atomic E-state index is 0.253. The number of benzene rings is 2. The van der Waals surface area contributed by atoms with Crippen LogP contribution in [0.5, 0.6) is 0 Å². The molecule has 1 N–H and O–H groups in total. The van der Waals surface area contributed by atoms with E-state index in [1.54, 1.807) is 12.1 Å². The molecule has 1 amide bonds. The van der Waals surface area contributed by atoms with Crippen LogP contribution in [0.1, 0.15) is 15.9 Å². The minimum atomic E-state index is -0.450. The first-order valence-electron chi connectivity index (χ1n) is 5.50. The number of nitrogens with one attached hydrogen (secondary N) is 1. The van der Waals surface area contributed by atoms with Gasteiger partial charge in [0.1, 0.15) is 5.82 Å². The van der Waals surface area contributed by atoms with E-state index in [1.807, 2.05) is 13.0 Å². The van der Waals surface area contributed by atoms with E-state index in [4.69, 9.17) is 11.6 Å². The van der Waals surface area contributed by atoms with Crippen LogP contribution in [-0.2, 0) is 0 Å². The van der Waals surface area contributed by atoms with Gasteiger partial charge in [-0.3, -0.25) is 4.79 Å². The van der Waals surface area contributed by atoms with E-state index in [0.717, 1.165) is 10.0 Å². The van der Waals surface area contributed by atoms with Crippen molar-refractivity contribution in [1.82, 2.24) is 0 Å². The number of aryl methyl sites for hydroxylation is 1. The predicted octanol–water partition coefficient (Wildman–Crippen LogP) is 4.80. The summed E-state index contributed by atoms with van der Waals surface area (Å²) in [5.74, 6) is -0.839. The van der Waals surface area contributed by atoms with Crippen LogP contribution in [0.25, 0.3) is 0 Å². The second-order valence-electron chi connectivity index (χ2n) is 4.05. The number of carbonyl (C=O) groups is 1. The summed E-state index contributed by atoms with van der Waals surface area (Å²) >= 11 is 9.36. The molecular weight excluding hydrogens is 333 g/mol. The lowest BCUT2D eigenvalue weighted by molar-refractivity contribution is 0.102. The summed E-state index contributed by atoms with van der Waals surface area (Å²) in [6.07, 6.45) is 0. The Hall–Kier alpha value is -1.39. The Kier molecular flexibility index (Phi) is 4.22. The second kappa shape index (κ2) is 5.72. The van der Waals surface area contributed by atoms with Crippen LogP contribution in [0.2, 0.25) is 5.02 Å². The Bertz CT molecular complexity index is 645. The lowest BCUT2D eigenvalue weighted by Gasteiger charge is -2.09. The fourth-order valence-corrected chi connectivity index (χ4v) is 2.29. The predicted molar refractivity (Wildman–Crippen MR) is 78.2 cm³/mol. The summed E-state index contributed by atoms with van der Waals surface area (Å²) in [6.45, 7) is 1.87. The smallest absolute Gasteiger partial charge is 0.255 e. The molecule has 19 heavy (non-hydrogen) atoms. The van der Waals surface area contributed by atoms with Gasteiger partial charge in [-0.25, -0.2) is 4.39 Å². The van der Waals surface area contributed by atoms with Crippen molar-refractivity contribution < 1.29 is 9.18 Å². The number of halogens is 3. The highest BCUT2D eigenvalue weighted by Gasteiger charge is 2.10. The highest BCUT2D eigenvalue weighted by atomic mass is 79.9. The highest BCUT2D eigenvalue weighted by Crippen LogP contribution is 2.29. The fraction of sp³-hybridized carbons (Fsp3) is 0.0714. The molecule has 0 unspecified atom stereocenters. The molecule has 0 bridgehead atoms. The van der Waals surface area contributed by atoms with Crippen molar-refractivity contribution in [1.29, 1.82) is 0 Å². The molecule has 0 aliphatic carbocycles. The van der Waals surface area contributed by atoms with Gasteiger partial charge < -0.3 is 5.32 Å². The number of hydrogen-bond donors (Lipinski definition) is 1. The van der Waals surface area contributed by atoms with E-state index in [2.05, 4.69) is 21.2 Å². The third kappa shape index (κ3) is 3.33. The van der Waals surface area contributed by atoms with Crippen LogP contribution >= 0.6 is 27.5 Å². The number of hydrogen-bond acceptors (Lipinski definition) is 1. The third-order valence-corrected chi connectivity index (χ3v) is 3.65. The minimum Gasteiger partial charge on any atom is -0.321 e. The van der Waals surface area contributed by atoms with Gasteiger partial charge >= 0.3 is 0 Å². The molecule has 0 aromatic heterocycles. The van der Waals surface area contributed by atoms with Crippen molar-refractivity contribution in [3.05, 3.63) is 62.8 Å². The zero-order chi connectivity index (χ0) is 14.0. The van der Waals surface area contributed by atoms with Gasteiger partial charge in [0, 0.05) is 15.1 Å². The lowest BCUT2D eigenvalue weighted by Crippen LogP contribution is -2.12. The topological polar surface area (TPSA) is 29.1 Å². The van der Waals surface area contributed by atoms with Crippen molar-refractivity contribution in [2.75, 3.05) is 5.32 Å². The van der Waals surface area contributed by atoms with Crippen molar-refractivity contribution in [2.45, 2.75) is 6.92 Å². The van der Waals surface area contributed by atoms with Crippen LogP contribution in [0.15, 0.2) is 40.9 Å². The van der Waals surface area contributed by atoms with Gasteiger partial charge in [-0.1, -0.05) is 17.7 Å². The van der Waals surface area contributed by atoms with Crippen molar-refractivity contribution >= 4 is 39.1 Å². The Labute approximate surface area is 123 Å². The molecule has 0 atom stereocenters. The lowest BCUT2D eigenvalue weighted by atomic mass is 10.2. The summed E-state index contributed by atoms with van der Waals surface area (Å²) in [4.78, 5) is 12.0. The molecule has 2 aromatic rings. The molecule has 0 saturated heterocycles. The van der Waals surface area contributed by atoms with Gasteiger partial charge in [0.25, 0.3) is 5.91 Å². The molecule has 98 valence electrons. The maximum absolute atomic E-state index is 13.1. The summed E-state index contributed by atoms with van der Waals surface area (Å²) < 4.78 is 13.8. The fourth-order valence-electron chi connectivity index (χ4n) is 1.57. The highest BCUT2D eigenvalue weighted by molar-refractivity contribution is 9.10. The normalized spacial score (nSPS) is 10.3. The van der Waals surface area contributed by atoms with Gasteiger partial charge in [0.15, 0.2) is 0 Å². The van der Waals surface area contributed by atoms with Gasteiger partial charge in [0.05, 0.1) is 5.69 Å². The van der Waals surface area contributed by atoms with E-state index in [0.29, 0.717) is 10.7 Å². The van der Waals surface area contributed by atoms with Crippen LogP contribution < -0.4 is 5.32 Å². The molecule has 0 fully saturated rings. The van der Waals surface area contributed by atoms with E-state index < -0.39 is 5.82 Å². The molecule has 0 aliphatic heterocycles. The van der Waals surface area contributed by atoms with Crippen molar-refractivity contribution in [3.63, 3.8) is 0 Å². The molecule has 0 saturated carbocycles. The monoisotopic (exact) mass is 341 g/mol. The van der Waals surface area contributed by atoms with Gasteiger partial charge in [-0.05, 0) is 58.7 Å². The van der Waals surface area contributed by atoms with Gasteiger partial charge in [-0.15, -0.1) is 0 Å². The molecule has 2 rings (SSSR count). The molecule has 0 aliphatic rings. The summed E-state index contributed by atoms with van der Waals surface area (Å²) in [5.41, 5.74) is 1.70. The van der Waals surface area contributed by atoms with Crippen LogP contribution in [0.4, 0.5) is 10.1 Å². The Morgan fingerprint density at radius 2 is 2.05 bits per heavy atom. The zero-order valence-corrected chi connectivity index (χ0v) is 12.3. The first kappa shape index (κ1) is 14.0. The SMILES string of the molecule is Cc1cc(Br)c(NC(=O)c2cccc(F)c2)cc1Cl. The van der Waals surface area contributed by atoms with Crippen LogP contribution in [0, 0.1) is 12.7 Å². The average molecular weight is 343 g/mol. The van der Waals surface area contributed by atoms with Gasteiger partial charge in [-0.2, -0.15) is 0 Å². The molecular formula is C14H10BrClFNO. The number of anilines is 1. The molecule has 0 heterocycles. The maximum atomic E-state index is 13.1. The first-order chi connectivity index (χ1) is 8.97. The van der Waals surface area contributed by atoms with Crippen LogP contribution in [-0.4, -0.2) is 5.91 Å². The Morgan fingerprint density at radius 3 is 2.74 bits per heavy atom. The second-order valence-corrected chi connectivity index (χ2v) is 5.31. The third-order valence-electron chi connectivity index (χ3n) is 2.58. The quantitative estimate of drug-likeness (QED) is 0.834. The van der Waals surface area contributed by atoms with E-state index in [9.17, 15) is 9.18 Å². The number of carbonyl (C=O) groups excluding carboxylic acids is 1. The van der Waals surface area contributed by atoms with E-state index in [1.165, 1.54) is 18.2 Å². The maximum Gasteiger partial charge on any atom is 0.255 e. The molecule has 2 aromatic carbocycles. The van der Waals surface area contributed by atoms with Gasteiger partial charge in [0.2, 0.25) is 0 Å². The van der Waals surface area contributed by atoms with Crippen LogP contribution in [0.3, 0.4) is 0 Å². The van der Waals surface area contributed by atoms with E-state index >= 15 is 0 Å². The summed E-state index contributed by atoms with van der Waals surface area (Å²) in [5, 5.41) is 3.24. The molecule has 0 radical (unpaired) electrons. The summed E-state index contributed by atoms with van der Waals surface area (Å²) in [7, 11) is 0. The Morgan fingerprint density at radius 1 is 1.32 bits per heavy atom. The molecule has 0 spiro atoms. The molecule has 5 heteroatoms. The van der Waals surface area contributed by atoms with E-state index in [-0.39, 0.29) is 11.5 Å². The number of rotatable bonds is 2. The zero-order valence-electron chi connectivity index (χ0n) is 10.0. The Balaban J connectivity index is 2.27. The average Bonchev–Trinajstić information content (AvgIpc) is 2.36. The van der Waals surface area contributed by atoms with Crippen molar-refractivity contribution in [2.24, 2.45) is 0 Å². The first-order valence-corrected chi connectivity index (χ1v) is 6.67. The number of amides is 1. The molecule has 2 nitrogen and oxygen atoms in total. The largest absolute Gasteiger partial charge is 0.321 e. The summed E-state index contributed by atoms with van der Waals surface area (Å²) in [6, 6.07) is 8.96. The van der Waals surface area contributed by atoms with Crippen molar-refractivity contribution in [3.8, 4) is 0 Å².